The number of carboxylic acid groups (broad SMARTS) is 1. The molecule has 0 amide bonds. The van der Waals surface area contributed by atoms with Crippen molar-refractivity contribution in [3.05, 3.63) is 110 Å². The number of anilines is 1. The third-order valence-electron chi connectivity index (χ3n) is 12.2. The number of nitrogens with zero attached hydrogens (tertiary/aromatic N) is 2. The van der Waals surface area contributed by atoms with Crippen molar-refractivity contribution in [2.75, 3.05) is 25.6 Å². The quantitative estimate of drug-likeness (QED) is 0.0223. The fourth-order valence-electron chi connectivity index (χ4n) is 7.98. The summed E-state index contributed by atoms with van der Waals surface area (Å²) in [6.45, 7) is 8.31. The number of ether oxygens (including phenoxy) is 2. The molecule has 0 fully saturated rings. The van der Waals surface area contributed by atoms with Gasteiger partial charge in [0, 0.05) is 64.4 Å². The van der Waals surface area contributed by atoms with Crippen molar-refractivity contribution in [2.45, 2.75) is 90.1 Å². The maximum atomic E-state index is 13.9. The van der Waals surface area contributed by atoms with Gasteiger partial charge in [-0.15, -0.1) is 0 Å². The maximum absolute atomic E-state index is 13.9. The molecule has 318 valence electrons. The van der Waals surface area contributed by atoms with E-state index in [9.17, 15) is 46.1 Å². The lowest BCUT2D eigenvalue weighted by Gasteiger charge is -2.43. The number of hydrogen-bond donors (Lipinski definition) is 1. The first-order valence-corrected chi connectivity index (χ1v) is 21.1. The minimum absolute atomic E-state index is 0.00535. The van der Waals surface area contributed by atoms with Crippen LogP contribution >= 0.6 is 7.60 Å². The Morgan fingerprint density at radius 1 is 0.867 bits per heavy atom. The van der Waals surface area contributed by atoms with Crippen LogP contribution in [-0.4, -0.2) is 48.8 Å². The number of hydrogen-bond acceptors (Lipinski definition) is 8. The van der Waals surface area contributed by atoms with E-state index in [1.54, 1.807) is 0 Å². The number of halogens is 5. The number of fused-ring (bicyclic) bond motifs is 4. The molecule has 1 N–H and O–H groups in total. The summed E-state index contributed by atoms with van der Waals surface area (Å²) in [6.07, 6.45) is 3.02. The van der Waals surface area contributed by atoms with E-state index in [1.165, 1.54) is 18.2 Å². The maximum Gasteiger partial charge on any atom is 0.336 e. The molecule has 0 saturated carbocycles. The fourth-order valence-corrected chi connectivity index (χ4v) is 9.04. The Balaban J connectivity index is 1.19. The lowest BCUT2D eigenvalue weighted by molar-refractivity contribution is -0.194. The van der Waals surface area contributed by atoms with Gasteiger partial charge in [-0.2, -0.15) is 8.78 Å². The highest BCUT2D eigenvalue weighted by Gasteiger charge is 2.36. The van der Waals surface area contributed by atoms with Gasteiger partial charge in [-0.1, -0.05) is 6.42 Å². The third kappa shape index (κ3) is 7.71. The van der Waals surface area contributed by atoms with Crippen LogP contribution in [0.15, 0.2) is 42.5 Å². The Hall–Kier alpha value is -5.11. The molecule has 1 atom stereocenters. The summed E-state index contributed by atoms with van der Waals surface area (Å²) < 4.78 is 100. The third-order valence-corrected chi connectivity index (χ3v) is 13.6. The van der Waals surface area contributed by atoms with E-state index in [4.69, 9.17) is 9.26 Å². The average molecular weight is 855 g/mol. The molecule has 0 radical (unpaired) electrons. The molecule has 4 aromatic carbocycles. The first kappa shape index (κ1) is 43.0. The van der Waals surface area contributed by atoms with Gasteiger partial charge in [-0.05, 0) is 101 Å². The Kier molecular flexibility index (Phi) is 11.3. The summed E-state index contributed by atoms with van der Waals surface area (Å²) in [5, 5.41) is 11.8. The van der Waals surface area contributed by atoms with Gasteiger partial charge >= 0.3 is 11.9 Å². The first-order valence-electron chi connectivity index (χ1n) is 19.6. The van der Waals surface area contributed by atoms with Crippen LogP contribution in [-0.2, 0) is 26.7 Å². The minimum Gasteiger partial charge on any atom is -0.775 e. The molecule has 1 unspecified atom stereocenters. The highest BCUT2D eigenvalue weighted by Crippen LogP contribution is 2.46. The number of aryl methyl sites for hydroxylation is 2. The first-order chi connectivity index (χ1) is 28.1. The summed E-state index contributed by atoms with van der Waals surface area (Å²) >= 11 is 0. The molecule has 0 aliphatic carbocycles. The van der Waals surface area contributed by atoms with Crippen LogP contribution in [0, 0.1) is 29.1 Å². The van der Waals surface area contributed by atoms with Crippen LogP contribution in [0.5, 0.6) is 17.2 Å². The molecular weight excluding hydrogens is 810 g/mol. The number of unbranched alkanes of at least 4 members (excludes halogenated alkanes) is 2. The number of esters is 1. The Labute approximate surface area is 343 Å². The predicted molar refractivity (Wildman–Crippen MR) is 211 cm³/mol. The number of benzene rings is 4. The topological polar surface area (TPSA) is 128 Å². The minimum atomic E-state index is -4.84. The fraction of sp³-hybridized carbons (Fsp3) is 0.386. The molecule has 60 heavy (non-hydrogen) atoms. The SMILES string of the molecule is CN1c2cc3c(cc2CCC1(C)C)C(c1cc(P(=O)([O-])OCCCCCC(=O)Oc2c(F)c(F)c(F)c(F)c2F)ccc1C(=O)O)=c1cc2c(cc1O3)=[N+](C)C(C)(C)CC2. The van der Waals surface area contributed by atoms with Crippen molar-refractivity contribution < 1.29 is 60.1 Å². The highest BCUT2D eigenvalue weighted by molar-refractivity contribution is 7.59. The van der Waals surface area contributed by atoms with E-state index in [0.717, 1.165) is 47.9 Å². The second-order valence-electron chi connectivity index (χ2n) is 16.7. The molecule has 0 aromatic heterocycles. The number of carbonyl (C=O) groups excluding carboxylic acids is 1. The lowest BCUT2D eigenvalue weighted by Crippen LogP contribution is -2.49. The Morgan fingerprint density at radius 3 is 2.22 bits per heavy atom. The molecule has 0 saturated heterocycles. The molecule has 10 nitrogen and oxygen atoms in total. The molecule has 7 rings (SSSR count). The van der Waals surface area contributed by atoms with Gasteiger partial charge in [0.05, 0.1) is 18.2 Å². The van der Waals surface area contributed by atoms with Gasteiger partial charge in [0.25, 0.3) is 0 Å². The average Bonchev–Trinajstić information content (AvgIpc) is 3.20. The van der Waals surface area contributed by atoms with Crippen LogP contribution in [0.4, 0.5) is 27.6 Å². The van der Waals surface area contributed by atoms with Crippen molar-refractivity contribution in [1.29, 1.82) is 0 Å². The van der Waals surface area contributed by atoms with E-state index >= 15 is 0 Å². The normalized spacial score (nSPS) is 17.2. The van der Waals surface area contributed by atoms with E-state index in [2.05, 4.69) is 41.9 Å². The monoisotopic (exact) mass is 854 g/mol. The van der Waals surface area contributed by atoms with E-state index in [0.29, 0.717) is 27.9 Å². The van der Waals surface area contributed by atoms with E-state index in [-0.39, 0.29) is 53.4 Å². The molecule has 3 aliphatic rings. The molecule has 3 heterocycles. The summed E-state index contributed by atoms with van der Waals surface area (Å²) in [6, 6.07) is 11.7. The zero-order chi connectivity index (χ0) is 43.6. The summed E-state index contributed by atoms with van der Waals surface area (Å²) in [4.78, 5) is 40.9. The van der Waals surface area contributed by atoms with Gasteiger partial charge in [0.15, 0.2) is 13.1 Å². The second-order valence-corrected chi connectivity index (χ2v) is 18.5. The van der Waals surface area contributed by atoms with Gasteiger partial charge < -0.3 is 33.5 Å². The summed E-state index contributed by atoms with van der Waals surface area (Å²) in [7, 11) is -0.789. The van der Waals surface area contributed by atoms with Gasteiger partial charge in [0.1, 0.15) is 18.5 Å². The van der Waals surface area contributed by atoms with Crippen molar-refractivity contribution in [3.8, 4) is 17.2 Å². The largest absolute Gasteiger partial charge is 0.775 e. The molecular formula is C44H44F5N2O8P. The Bertz CT molecular complexity index is 2640. The van der Waals surface area contributed by atoms with Crippen molar-refractivity contribution in [1.82, 2.24) is 4.58 Å². The standard InChI is InChI=1S/C44H44F5N2O8P/c1-43(2)15-13-23-18-28-32(21-30(23)50(43)5)58-33-22-31-24(14-16-44(3,4)51(31)6)19-29(33)35(28)27-20-25(11-12-26(27)42(53)54)60(55,56)57-17-9-7-8-10-34(52)59-41-39(48)37(46)36(45)38(47)40(41)49/h11-12,18-22H,7-10,13-17H2,1-6H3,(H-,53,54,55,56). The van der Waals surface area contributed by atoms with Gasteiger partial charge in [-0.25, -0.2) is 22.5 Å². The molecule has 16 heteroatoms. The zero-order valence-corrected chi connectivity index (χ0v) is 34.8. The number of carboxylic acids is 1. The second kappa shape index (κ2) is 15.7. The molecule has 4 aromatic rings. The van der Waals surface area contributed by atoms with Crippen LogP contribution in [0.25, 0.3) is 5.57 Å². The van der Waals surface area contributed by atoms with Gasteiger partial charge in [-0.3, -0.25) is 4.79 Å². The zero-order valence-electron chi connectivity index (χ0n) is 33.9. The van der Waals surface area contributed by atoms with Crippen molar-refractivity contribution in [2.24, 2.45) is 0 Å². The highest BCUT2D eigenvalue weighted by atomic mass is 31.2. The molecule has 3 aliphatic heterocycles. The summed E-state index contributed by atoms with van der Waals surface area (Å²) in [5.74, 6) is -14.7. The van der Waals surface area contributed by atoms with Crippen LogP contribution in [0.1, 0.15) is 98.8 Å². The molecule has 0 spiro atoms. The van der Waals surface area contributed by atoms with Crippen LogP contribution in [0.3, 0.4) is 0 Å². The number of rotatable bonds is 11. The Morgan fingerprint density at radius 2 is 1.53 bits per heavy atom. The van der Waals surface area contributed by atoms with Crippen molar-refractivity contribution >= 4 is 36.1 Å². The van der Waals surface area contributed by atoms with Crippen molar-refractivity contribution in [3.63, 3.8) is 0 Å². The van der Waals surface area contributed by atoms with Gasteiger partial charge in [0.2, 0.25) is 40.2 Å². The molecule has 0 bridgehead atoms. The predicted octanol–water partition coefficient (Wildman–Crippen LogP) is 6.80. The van der Waals surface area contributed by atoms with E-state index < -0.39 is 60.8 Å². The smallest absolute Gasteiger partial charge is 0.336 e. The number of aromatic carboxylic acids is 1. The van der Waals surface area contributed by atoms with E-state index in [1.807, 2.05) is 38.4 Å². The van der Waals surface area contributed by atoms with Crippen LogP contribution in [0.2, 0.25) is 0 Å². The lowest BCUT2D eigenvalue weighted by atomic mass is 9.83. The summed E-state index contributed by atoms with van der Waals surface area (Å²) in [5.41, 5.74) is 3.96. The number of carbonyl (C=O) groups is 2. The van der Waals surface area contributed by atoms with Crippen LogP contribution < -0.4 is 39.7 Å².